The van der Waals surface area contributed by atoms with E-state index in [0.29, 0.717) is 12.0 Å². The third-order valence-electron chi connectivity index (χ3n) is 2.92. The minimum atomic E-state index is 0.244. The number of piperidine rings is 1. The van der Waals surface area contributed by atoms with E-state index in [2.05, 4.69) is 0 Å². The molecule has 2 heterocycles. The van der Waals surface area contributed by atoms with Crippen LogP contribution >= 0.6 is 0 Å². The van der Waals surface area contributed by atoms with E-state index >= 15 is 0 Å². The van der Waals surface area contributed by atoms with E-state index in [1.807, 2.05) is 11.8 Å². The van der Waals surface area contributed by atoms with Crippen LogP contribution < -0.4 is 0 Å². The predicted octanol–water partition coefficient (Wildman–Crippen LogP) is 1.03. The Balaban J connectivity index is 1.78. The minimum absolute atomic E-state index is 0.244. The van der Waals surface area contributed by atoms with Crippen molar-refractivity contribution < 1.29 is 9.53 Å². The maximum Gasteiger partial charge on any atom is 0.225 e. The summed E-state index contributed by atoms with van der Waals surface area (Å²) in [7, 11) is 0. The van der Waals surface area contributed by atoms with Gasteiger partial charge in [0.2, 0.25) is 5.91 Å². The SMILES string of the molecule is CC1CCCN(CCC2CO2)C1=O. The molecule has 3 nitrogen and oxygen atoms in total. The van der Waals surface area contributed by atoms with Crippen molar-refractivity contribution in [2.75, 3.05) is 19.7 Å². The molecule has 2 atom stereocenters. The fraction of sp³-hybridized carbons (Fsp3) is 0.900. The Morgan fingerprint density at radius 2 is 2.38 bits per heavy atom. The fourth-order valence-corrected chi connectivity index (χ4v) is 1.89. The van der Waals surface area contributed by atoms with Crippen molar-refractivity contribution in [3.05, 3.63) is 0 Å². The van der Waals surface area contributed by atoms with E-state index < -0.39 is 0 Å². The van der Waals surface area contributed by atoms with Gasteiger partial charge in [-0.2, -0.15) is 0 Å². The average Bonchev–Trinajstić information content (AvgIpc) is 2.91. The predicted molar refractivity (Wildman–Crippen MR) is 49.3 cm³/mol. The molecule has 2 aliphatic rings. The molecule has 2 unspecified atom stereocenters. The lowest BCUT2D eigenvalue weighted by Gasteiger charge is -2.30. The summed E-state index contributed by atoms with van der Waals surface area (Å²) in [4.78, 5) is 13.6. The first-order valence-corrected chi connectivity index (χ1v) is 5.18. The zero-order valence-electron chi connectivity index (χ0n) is 8.16. The Hall–Kier alpha value is -0.570. The molecular formula is C10H17NO2. The van der Waals surface area contributed by atoms with Crippen LogP contribution in [0.5, 0.6) is 0 Å². The second kappa shape index (κ2) is 3.66. The quantitative estimate of drug-likeness (QED) is 0.612. The Bertz CT molecular complexity index is 201. The topological polar surface area (TPSA) is 32.8 Å². The normalized spacial score (nSPS) is 33.6. The number of epoxide rings is 1. The van der Waals surface area contributed by atoms with Gasteiger partial charge in [0.1, 0.15) is 0 Å². The van der Waals surface area contributed by atoms with Gasteiger partial charge in [-0.15, -0.1) is 0 Å². The van der Waals surface area contributed by atoms with Gasteiger partial charge in [0.05, 0.1) is 12.7 Å². The van der Waals surface area contributed by atoms with Gasteiger partial charge in [0, 0.05) is 19.0 Å². The molecular weight excluding hydrogens is 166 g/mol. The van der Waals surface area contributed by atoms with Crippen molar-refractivity contribution in [3.63, 3.8) is 0 Å². The van der Waals surface area contributed by atoms with Crippen molar-refractivity contribution in [2.45, 2.75) is 32.3 Å². The van der Waals surface area contributed by atoms with Gasteiger partial charge in [-0.3, -0.25) is 4.79 Å². The van der Waals surface area contributed by atoms with Gasteiger partial charge in [-0.25, -0.2) is 0 Å². The number of carbonyl (C=O) groups excluding carboxylic acids is 1. The summed E-state index contributed by atoms with van der Waals surface area (Å²) in [5.74, 6) is 0.584. The summed E-state index contributed by atoms with van der Waals surface area (Å²) in [6.07, 6.45) is 3.71. The molecule has 0 spiro atoms. The monoisotopic (exact) mass is 183 g/mol. The number of carbonyl (C=O) groups is 1. The first-order chi connectivity index (χ1) is 6.27. The maximum absolute atomic E-state index is 11.6. The standard InChI is InChI=1S/C10H17NO2/c1-8-3-2-5-11(10(8)12)6-4-9-7-13-9/h8-9H,2-7H2,1H3. The van der Waals surface area contributed by atoms with Crippen LogP contribution in [0, 0.1) is 5.92 Å². The number of likely N-dealkylation sites (tertiary alicyclic amines) is 1. The van der Waals surface area contributed by atoms with E-state index in [9.17, 15) is 4.79 Å². The summed E-state index contributed by atoms with van der Waals surface area (Å²) in [5.41, 5.74) is 0. The second-order valence-electron chi connectivity index (χ2n) is 4.11. The van der Waals surface area contributed by atoms with Gasteiger partial charge in [-0.1, -0.05) is 6.92 Å². The summed E-state index contributed by atoms with van der Waals surface area (Å²) in [6.45, 7) is 4.78. The van der Waals surface area contributed by atoms with Crippen LogP contribution in [0.3, 0.4) is 0 Å². The zero-order chi connectivity index (χ0) is 9.26. The second-order valence-corrected chi connectivity index (χ2v) is 4.11. The van der Waals surface area contributed by atoms with Crippen LogP contribution in [0.25, 0.3) is 0 Å². The molecule has 0 saturated carbocycles. The smallest absolute Gasteiger partial charge is 0.225 e. The lowest BCUT2D eigenvalue weighted by molar-refractivity contribution is -0.137. The summed E-state index contributed by atoms with van der Waals surface area (Å²) >= 11 is 0. The number of ether oxygens (including phenoxy) is 1. The van der Waals surface area contributed by atoms with Crippen molar-refractivity contribution >= 4 is 5.91 Å². The Kier molecular flexibility index (Phi) is 2.54. The van der Waals surface area contributed by atoms with Gasteiger partial charge < -0.3 is 9.64 Å². The minimum Gasteiger partial charge on any atom is -0.373 e. The molecule has 74 valence electrons. The molecule has 2 rings (SSSR count). The van der Waals surface area contributed by atoms with Crippen molar-refractivity contribution in [2.24, 2.45) is 5.92 Å². The van der Waals surface area contributed by atoms with Gasteiger partial charge in [-0.05, 0) is 19.3 Å². The Labute approximate surface area is 79.0 Å². The van der Waals surface area contributed by atoms with Gasteiger partial charge in [0.25, 0.3) is 0 Å². The maximum atomic E-state index is 11.6. The number of hydrogen-bond donors (Lipinski definition) is 0. The fourth-order valence-electron chi connectivity index (χ4n) is 1.89. The number of amides is 1. The Morgan fingerprint density at radius 1 is 1.62 bits per heavy atom. The molecule has 3 heteroatoms. The van der Waals surface area contributed by atoms with Gasteiger partial charge >= 0.3 is 0 Å². The number of rotatable bonds is 3. The molecule has 0 N–H and O–H groups in total. The Morgan fingerprint density at radius 3 is 3.08 bits per heavy atom. The molecule has 2 aliphatic heterocycles. The van der Waals surface area contributed by atoms with Crippen LogP contribution in [0.2, 0.25) is 0 Å². The van der Waals surface area contributed by atoms with Crippen molar-refractivity contribution in [1.82, 2.24) is 4.90 Å². The van der Waals surface area contributed by atoms with E-state index in [1.165, 1.54) is 6.42 Å². The van der Waals surface area contributed by atoms with E-state index in [0.717, 1.165) is 32.5 Å². The van der Waals surface area contributed by atoms with Crippen LogP contribution in [0.15, 0.2) is 0 Å². The van der Waals surface area contributed by atoms with E-state index in [1.54, 1.807) is 0 Å². The highest BCUT2D eigenvalue weighted by Crippen LogP contribution is 2.20. The highest BCUT2D eigenvalue weighted by atomic mass is 16.6. The van der Waals surface area contributed by atoms with E-state index in [-0.39, 0.29) is 5.92 Å². The van der Waals surface area contributed by atoms with Crippen molar-refractivity contribution in [1.29, 1.82) is 0 Å². The molecule has 0 radical (unpaired) electrons. The van der Waals surface area contributed by atoms with Gasteiger partial charge in [0.15, 0.2) is 0 Å². The molecule has 0 aromatic rings. The summed E-state index contributed by atoms with van der Waals surface area (Å²) < 4.78 is 5.12. The molecule has 0 aliphatic carbocycles. The van der Waals surface area contributed by atoms with Crippen LogP contribution in [0.4, 0.5) is 0 Å². The molecule has 2 fully saturated rings. The summed E-state index contributed by atoms with van der Waals surface area (Å²) in [6, 6.07) is 0. The first-order valence-electron chi connectivity index (χ1n) is 5.18. The number of nitrogens with zero attached hydrogens (tertiary/aromatic N) is 1. The molecule has 2 saturated heterocycles. The number of hydrogen-bond acceptors (Lipinski definition) is 2. The third kappa shape index (κ3) is 2.21. The average molecular weight is 183 g/mol. The summed E-state index contributed by atoms with van der Waals surface area (Å²) in [5, 5.41) is 0. The lowest BCUT2D eigenvalue weighted by atomic mass is 9.99. The lowest BCUT2D eigenvalue weighted by Crippen LogP contribution is -2.40. The molecule has 13 heavy (non-hydrogen) atoms. The zero-order valence-corrected chi connectivity index (χ0v) is 8.16. The highest BCUT2D eigenvalue weighted by Gasteiger charge is 2.28. The third-order valence-corrected chi connectivity index (χ3v) is 2.92. The largest absolute Gasteiger partial charge is 0.373 e. The van der Waals surface area contributed by atoms with Crippen LogP contribution in [-0.2, 0) is 9.53 Å². The van der Waals surface area contributed by atoms with Crippen molar-refractivity contribution in [3.8, 4) is 0 Å². The molecule has 0 aromatic carbocycles. The molecule has 1 amide bonds. The van der Waals surface area contributed by atoms with Crippen LogP contribution in [0.1, 0.15) is 26.2 Å². The molecule has 0 aromatic heterocycles. The van der Waals surface area contributed by atoms with E-state index in [4.69, 9.17) is 4.74 Å². The highest BCUT2D eigenvalue weighted by molar-refractivity contribution is 5.79. The van der Waals surface area contributed by atoms with Crippen LogP contribution in [-0.4, -0.2) is 36.6 Å². The first kappa shape index (κ1) is 9.00. The molecule has 0 bridgehead atoms.